The summed E-state index contributed by atoms with van der Waals surface area (Å²) in [6.07, 6.45) is 0. The molecule has 0 saturated heterocycles. The molecule has 0 aliphatic heterocycles. The molecule has 0 aliphatic rings. The molecule has 1 aromatic carbocycles. The first-order chi connectivity index (χ1) is 9.08. The van der Waals surface area contributed by atoms with Crippen LogP contribution in [-0.2, 0) is 16.1 Å². The average molecular weight is 287 g/mol. The Morgan fingerprint density at radius 1 is 1.53 bits per heavy atom. The third-order valence-corrected chi connectivity index (χ3v) is 2.87. The molecule has 0 aliphatic carbocycles. The van der Waals surface area contributed by atoms with Gasteiger partial charge in [-0.2, -0.15) is 0 Å². The van der Waals surface area contributed by atoms with Crippen molar-refractivity contribution in [1.82, 2.24) is 5.32 Å². The maximum atomic E-state index is 11.7. The van der Waals surface area contributed by atoms with E-state index in [4.69, 9.17) is 16.3 Å². The van der Waals surface area contributed by atoms with Crippen molar-refractivity contribution in [1.29, 1.82) is 0 Å². The van der Waals surface area contributed by atoms with E-state index in [0.29, 0.717) is 23.7 Å². The third-order valence-electron chi connectivity index (χ3n) is 2.63. The number of methoxy groups -OCH3 is 1. The molecule has 0 radical (unpaired) electrons. The molecule has 19 heavy (non-hydrogen) atoms. The van der Waals surface area contributed by atoms with Gasteiger partial charge in [-0.3, -0.25) is 4.79 Å². The van der Waals surface area contributed by atoms with Gasteiger partial charge in [0.2, 0.25) is 5.91 Å². The number of hydrogen-bond donors (Lipinski definition) is 2. The molecule has 0 atom stereocenters. The smallest absolute Gasteiger partial charge is 0.239 e. The molecule has 0 aromatic heterocycles. The summed E-state index contributed by atoms with van der Waals surface area (Å²) < 4.78 is 4.86. The molecule has 0 saturated carbocycles. The predicted molar refractivity (Wildman–Crippen MR) is 75.5 cm³/mol. The first kappa shape index (κ1) is 15.8. The van der Waals surface area contributed by atoms with Crippen molar-refractivity contribution in [2.45, 2.75) is 6.61 Å². The van der Waals surface area contributed by atoms with Gasteiger partial charge in [0.15, 0.2) is 0 Å². The van der Waals surface area contributed by atoms with Crippen LogP contribution in [-0.4, -0.2) is 44.9 Å². The number of halogens is 1. The molecular weight excluding hydrogens is 268 g/mol. The lowest BCUT2D eigenvalue weighted by molar-refractivity contribution is -0.119. The van der Waals surface area contributed by atoms with Gasteiger partial charge in [-0.25, -0.2) is 0 Å². The zero-order chi connectivity index (χ0) is 14.3. The number of nitrogens with zero attached hydrogens (tertiary/aromatic N) is 1. The van der Waals surface area contributed by atoms with Gasteiger partial charge in [0.05, 0.1) is 19.8 Å². The Hall–Kier alpha value is -1.30. The largest absolute Gasteiger partial charge is 0.392 e. The van der Waals surface area contributed by atoms with Crippen LogP contribution in [0.25, 0.3) is 0 Å². The van der Waals surface area contributed by atoms with E-state index in [0.717, 1.165) is 5.69 Å². The van der Waals surface area contributed by atoms with E-state index in [1.54, 1.807) is 37.3 Å². The monoisotopic (exact) mass is 286 g/mol. The highest BCUT2D eigenvalue weighted by atomic mass is 35.5. The number of amides is 1. The van der Waals surface area contributed by atoms with Crippen molar-refractivity contribution in [3.05, 3.63) is 28.8 Å². The van der Waals surface area contributed by atoms with Crippen molar-refractivity contribution in [2.24, 2.45) is 0 Å². The minimum Gasteiger partial charge on any atom is -0.392 e. The minimum absolute atomic E-state index is 0.0987. The standard InChI is InChI=1S/C13H19ClN2O3/c1-16(8-13(18)15-5-6-19-2)12-4-3-11(14)7-10(12)9-17/h3-4,7,17H,5-6,8-9H2,1-2H3,(H,15,18). The first-order valence-corrected chi connectivity index (χ1v) is 6.32. The second-order valence-corrected chi connectivity index (χ2v) is 4.57. The maximum absolute atomic E-state index is 11.7. The molecular formula is C13H19ClN2O3. The van der Waals surface area contributed by atoms with Crippen molar-refractivity contribution >= 4 is 23.2 Å². The van der Waals surface area contributed by atoms with Gasteiger partial charge in [0.25, 0.3) is 0 Å². The molecule has 2 N–H and O–H groups in total. The number of anilines is 1. The number of rotatable bonds is 7. The van der Waals surface area contributed by atoms with Gasteiger partial charge in [0, 0.05) is 37.0 Å². The Kier molecular flexibility index (Phi) is 6.62. The van der Waals surface area contributed by atoms with E-state index in [-0.39, 0.29) is 19.1 Å². The lowest BCUT2D eigenvalue weighted by atomic mass is 10.1. The van der Waals surface area contributed by atoms with E-state index in [1.165, 1.54) is 0 Å². The zero-order valence-electron chi connectivity index (χ0n) is 11.1. The van der Waals surface area contributed by atoms with Crippen molar-refractivity contribution in [3.63, 3.8) is 0 Å². The highest BCUT2D eigenvalue weighted by Crippen LogP contribution is 2.23. The van der Waals surface area contributed by atoms with Crippen LogP contribution in [0.15, 0.2) is 18.2 Å². The number of aliphatic hydroxyl groups is 1. The van der Waals surface area contributed by atoms with Gasteiger partial charge in [-0.1, -0.05) is 11.6 Å². The van der Waals surface area contributed by atoms with E-state index < -0.39 is 0 Å². The van der Waals surface area contributed by atoms with Gasteiger partial charge in [0.1, 0.15) is 0 Å². The summed E-state index contributed by atoms with van der Waals surface area (Å²) >= 11 is 5.87. The Morgan fingerprint density at radius 2 is 2.26 bits per heavy atom. The number of likely N-dealkylation sites (N-methyl/N-ethyl adjacent to an activating group) is 1. The quantitative estimate of drug-likeness (QED) is 0.735. The number of aliphatic hydroxyl groups excluding tert-OH is 1. The number of hydrogen-bond acceptors (Lipinski definition) is 4. The summed E-state index contributed by atoms with van der Waals surface area (Å²) in [6.45, 7) is 1.05. The lowest BCUT2D eigenvalue weighted by Gasteiger charge is -2.21. The summed E-state index contributed by atoms with van der Waals surface area (Å²) in [7, 11) is 3.37. The second-order valence-electron chi connectivity index (χ2n) is 4.13. The molecule has 1 amide bonds. The van der Waals surface area contributed by atoms with Gasteiger partial charge in [-0.15, -0.1) is 0 Å². The molecule has 1 aromatic rings. The molecule has 0 fully saturated rings. The molecule has 106 valence electrons. The third kappa shape index (κ3) is 5.06. The zero-order valence-corrected chi connectivity index (χ0v) is 11.9. The van der Waals surface area contributed by atoms with E-state index >= 15 is 0 Å². The Labute approximate surface area is 118 Å². The highest BCUT2D eigenvalue weighted by molar-refractivity contribution is 6.30. The molecule has 0 spiro atoms. The van der Waals surface area contributed by atoms with Crippen molar-refractivity contribution in [2.75, 3.05) is 38.8 Å². The van der Waals surface area contributed by atoms with Gasteiger partial charge >= 0.3 is 0 Å². The summed E-state index contributed by atoms with van der Waals surface area (Å²) in [5.41, 5.74) is 1.48. The van der Waals surface area contributed by atoms with Crippen LogP contribution < -0.4 is 10.2 Å². The average Bonchev–Trinajstić information content (AvgIpc) is 2.38. The number of carbonyl (C=O) groups excluding carboxylic acids is 1. The molecule has 6 heteroatoms. The number of carbonyl (C=O) groups is 1. The molecule has 0 unspecified atom stereocenters. The predicted octanol–water partition coefficient (Wildman–Crippen LogP) is 1.03. The lowest BCUT2D eigenvalue weighted by Crippen LogP contribution is -2.37. The van der Waals surface area contributed by atoms with Crippen LogP contribution in [0.4, 0.5) is 5.69 Å². The highest BCUT2D eigenvalue weighted by Gasteiger charge is 2.11. The Bertz CT molecular complexity index is 426. The van der Waals surface area contributed by atoms with Crippen LogP contribution in [0.3, 0.4) is 0 Å². The number of nitrogens with one attached hydrogen (secondary N) is 1. The van der Waals surface area contributed by atoms with Crippen molar-refractivity contribution in [3.8, 4) is 0 Å². The fourth-order valence-electron chi connectivity index (χ4n) is 1.70. The van der Waals surface area contributed by atoms with E-state index in [2.05, 4.69) is 5.32 Å². The molecule has 0 heterocycles. The SMILES string of the molecule is COCCNC(=O)CN(C)c1ccc(Cl)cc1CO. The normalized spacial score (nSPS) is 10.3. The second kappa shape index (κ2) is 7.99. The summed E-state index contributed by atoms with van der Waals surface area (Å²) in [6, 6.07) is 5.21. The maximum Gasteiger partial charge on any atom is 0.239 e. The molecule has 5 nitrogen and oxygen atoms in total. The van der Waals surface area contributed by atoms with E-state index in [1.807, 2.05) is 0 Å². The van der Waals surface area contributed by atoms with Crippen LogP contribution in [0.1, 0.15) is 5.56 Å². The molecule has 0 bridgehead atoms. The van der Waals surface area contributed by atoms with Crippen molar-refractivity contribution < 1.29 is 14.6 Å². The topological polar surface area (TPSA) is 61.8 Å². The summed E-state index contributed by atoms with van der Waals surface area (Å²) in [5, 5.41) is 12.6. The van der Waals surface area contributed by atoms with Crippen LogP contribution in [0.2, 0.25) is 5.02 Å². The van der Waals surface area contributed by atoms with Crippen LogP contribution in [0.5, 0.6) is 0 Å². The summed E-state index contributed by atoms with van der Waals surface area (Å²) in [4.78, 5) is 13.4. The fourth-order valence-corrected chi connectivity index (χ4v) is 1.90. The number of ether oxygens (including phenoxy) is 1. The van der Waals surface area contributed by atoms with Gasteiger partial charge < -0.3 is 20.1 Å². The Balaban J connectivity index is 2.62. The minimum atomic E-state index is -0.120. The van der Waals surface area contributed by atoms with E-state index in [9.17, 15) is 9.90 Å². The fraction of sp³-hybridized carbons (Fsp3) is 0.462. The Morgan fingerprint density at radius 3 is 2.89 bits per heavy atom. The van der Waals surface area contributed by atoms with Crippen LogP contribution >= 0.6 is 11.6 Å². The molecule has 1 rings (SSSR count). The van der Waals surface area contributed by atoms with Gasteiger partial charge in [-0.05, 0) is 18.2 Å². The first-order valence-electron chi connectivity index (χ1n) is 5.94. The van der Waals surface area contributed by atoms with Crippen LogP contribution in [0, 0.1) is 0 Å². The number of benzene rings is 1. The summed E-state index contributed by atoms with van der Waals surface area (Å²) in [5.74, 6) is -0.0987.